The van der Waals surface area contributed by atoms with Crippen molar-refractivity contribution in [2.45, 2.75) is 45.3 Å². The van der Waals surface area contributed by atoms with Gasteiger partial charge in [0.15, 0.2) is 15.8 Å². The van der Waals surface area contributed by atoms with Crippen molar-refractivity contribution in [3.63, 3.8) is 0 Å². The fraction of sp³-hybridized carbons (Fsp3) is 0.889. The van der Waals surface area contributed by atoms with Gasteiger partial charge in [0.2, 0.25) is 0 Å². The summed E-state index contributed by atoms with van der Waals surface area (Å²) in [6, 6.07) is -0.0582. The highest BCUT2D eigenvalue weighted by atomic mass is 32.2. The van der Waals surface area contributed by atoms with Crippen LogP contribution in [-0.4, -0.2) is 99.7 Å². The van der Waals surface area contributed by atoms with Crippen LogP contribution in [0.4, 0.5) is 4.79 Å². The van der Waals surface area contributed by atoms with Gasteiger partial charge >= 0.3 is 6.09 Å². The molecule has 0 saturated carbocycles. The first-order chi connectivity index (χ1) is 13.1. The van der Waals surface area contributed by atoms with Gasteiger partial charge in [0.25, 0.3) is 0 Å². The van der Waals surface area contributed by atoms with Gasteiger partial charge in [-0.3, -0.25) is 9.89 Å². The molecular weight excluding hydrogens is 382 g/mol. The zero-order valence-corrected chi connectivity index (χ0v) is 18.3. The number of ether oxygens (including phenoxy) is 1. The molecule has 0 spiro atoms. The van der Waals surface area contributed by atoms with Crippen LogP contribution >= 0.6 is 0 Å². The predicted octanol–water partition coefficient (Wildman–Crippen LogP) is 0.281. The van der Waals surface area contributed by atoms with E-state index in [-0.39, 0.29) is 23.6 Å². The van der Waals surface area contributed by atoms with Crippen molar-refractivity contribution >= 4 is 21.9 Å². The van der Waals surface area contributed by atoms with E-state index in [2.05, 4.69) is 20.5 Å². The number of carbonyl (C=O) groups is 1. The number of rotatable bonds is 5. The number of guanidine groups is 1. The maximum absolute atomic E-state index is 12.1. The molecule has 2 fully saturated rings. The first-order valence-corrected chi connectivity index (χ1v) is 11.8. The summed E-state index contributed by atoms with van der Waals surface area (Å²) in [6.07, 6.45) is 1.33. The quantitative estimate of drug-likeness (QED) is 0.376. The van der Waals surface area contributed by atoms with Gasteiger partial charge in [-0.15, -0.1) is 0 Å². The van der Waals surface area contributed by atoms with E-state index >= 15 is 0 Å². The number of carbonyl (C=O) groups excluding carboxylic acids is 1. The Labute approximate surface area is 168 Å². The van der Waals surface area contributed by atoms with Gasteiger partial charge in [0.1, 0.15) is 5.60 Å². The molecular formula is C18H35N5O4S. The molecule has 2 aliphatic rings. The van der Waals surface area contributed by atoms with Crippen LogP contribution in [0.5, 0.6) is 0 Å². The summed E-state index contributed by atoms with van der Waals surface area (Å²) < 4.78 is 28.5. The number of nitrogens with one attached hydrogen (secondary N) is 2. The van der Waals surface area contributed by atoms with E-state index in [1.165, 1.54) is 0 Å². The van der Waals surface area contributed by atoms with E-state index in [0.717, 1.165) is 32.6 Å². The first-order valence-electron chi connectivity index (χ1n) is 9.96. The molecule has 0 aromatic heterocycles. The maximum Gasteiger partial charge on any atom is 0.410 e. The minimum Gasteiger partial charge on any atom is -0.444 e. The van der Waals surface area contributed by atoms with Crippen LogP contribution in [0.25, 0.3) is 0 Å². The summed E-state index contributed by atoms with van der Waals surface area (Å²) in [5.41, 5.74) is -0.463. The largest absolute Gasteiger partial charge is 0.444 e. The predicted molar refractivity (Wildman–Crippen MR) is 110 cm³/mol. The molecule has 0 bridgehead atoms. The molecule has 1 amide bonds. The molecule has 0 aromatic carbocycles. The number of sulfone groups is 1. The highest BCUT2D eigenvalue weighted by molar-refractivity contribution is 7.91. The highest BCUT2D eigenvalue weighted by Crippen LogP contribution is 2.12. The Hall–Kier alpha value is -1.55. The molecule has 0 aromatic rings. The Morgan fingerprint density at radius 2 is 1.89 bits per heavy atom. The molecule has 2 aliphatic heterocycles. The number of hydrogen-bond donors (Lipinski definition) is 2. The maximum atomic E-state index is 12.1. The van der Waals surface area contributed by atoms with Crippen molar-refractivity contribution in [2.24, 2.45) is 4.99 Å². The molecule has 1 unspecified atom stereocenters. The van der Waals surface area contributed by atoms with Crippen LogP contribution in [0.3, 0.4) is 0 Å². The molecule has 10 heteroatoms. The van der Waals surface area contributed by atoms with Crippen LogP contribution in [0.15, 0.2) is 4.99 Å². The second-order valence-electron chi connectivity index (χ2n) is 8.41. The highest BCUT2D eigenvalue weighted by Gasteiger charge is 2.28. The van der Waals surface area contributed by atoms with Gasteiger partial charge < -0.3 is 20.3 Å². The Morgan fingerprint density at radius 3 is 2.43 bits per heavy atom. The molecule has 9 nitrogen and oxygen atoms in total. The van der Waals surface area contributed by atoms with E-state index in [1.54, 1.807) is 11.9 Å². The number of nitrogens with zero attached hydrogens (tertiary/aromatic N) is 3. The van der Waals surface area contributed by atoms with Crippen molar-refractivity contribution in [3.05, 3.63) is 0 Å². The molecule has 162 valence electrons. The molecule has 2 heterocycles. The lowest BCUT2D eigenvalue weighted by Crippen LogP contribution is -2.50. The molecule has 2 N–H and O–H groups in total. The van der Waals surface area contributed by atoms with Gasteiger partial charge in [0, 0.05) is 45.8 Å². The molecule has 1 atom stereocenters. The fourth-order valence-electron chi connectivity index (χ4n) is 3.29. The van der Waals surface area contributed by atoms with Crippen molar-refractivity contribution < 1.29 is 17.9 Å². The van der Waals surface area contributed by atoms with Crippen molar-refractivity contribution in [1.29, 1.82) is 0 Å². The third-order valence-electron chi connectivity index (χ3n) is 4.76. The topological polar surface area (TPSA) is 103 Å². The molecule has 28 heavy (non-hydrogen) atoms. The van der Waals surface area contributed by atoms with E-state index < -0.39 is 15.4 Å². The summed E-state index contributed by atoms with van der Waals surface area (Å²) in [5.74, 6) is 1.07. The van der Waals surface area contributed by atoms with Crippen molar-refractivity contribution in [2.75, 3.05) is 57.8 Å². The third-order valence-corrected chi connectivity index (χ3v) is 6.53. The molecule has 0 radical (unpaired) electrons. The fourth-order valence-corrected chi connectivity index (χ4v) is 4.96. The number of amides is 1. The monoisotopic (exact) mass is 417 g/mol. The Morgan fingerprint density at radius 1 is 1.21 bits per heavy atom. The van der Waals surface area contributed by atoms with E-state index in [0.29, 0.717) is 25.5 Å². The van der Waals surface area contributed by atoms with Gasteiger partial charge in [-0.25, -0.2) is 13.2 Å². The average Bonchev–Trinajstić information content (AvgIpc) is 2.95. The second-order valence-corrected chi connectivity index (χ2v) is 10.6. The second kappa shape index (κ2) is 9.78. The normalized spacial score (nSPS) is 23.5. The summed E-state index contributed by atoms with van der Waals surface area (Å²) in [7, 11) is -1.21. The summed E-state index contributed by atoms with van der Waals surface area (Å²) in [4.78, 5) is 20.4. The van der Waals surface area contributed by atoms with E-state index in [1.807, 2.05) is 20.8 Å². The third kappa shape index (κ3) is 7.83. The summed E-state index contributed by atoms with van der Waals surface area (Å²) >= 11 is 0. The lowest BCUT2D eigenvalue weighted by Gasteiger charge is -2.35. The van der Waals surface area contributed by atoms with Crippen molar-refractivity contribution in [3.8, 4) is 0 Å². The van der Waals surface area contributed by atoms with Gasteiger partial charge in [-0.1, -0.05) is 0 Å². The minimum absolute atomic E-state index is 0.0582. The lowest BCUT2D eigenvalue weighted by atomic mass is 10.2. The number of aliphatic imine (C=N–C) groups is 1. The van der Waals surface area contributed by atoms with Gasteiger partial charge in [-0.2, -0.15) is 0 Å². The zero-order valence-electron chi connectivity index (χ0n) is 17.5. The summed E-state index contributed by atoms with van der Waals surface area (Å²) in [5, 5.41) is 6.43. The van der Waals surface area contributed by atoms with Gasteiger partial charge in [0.05, 0.1) is 11.5 Å². The average molecular weight is 418 g/mol. The number of hydrogen-bond acceptors (Lipinski definition) is 6. The van der Waals surface area contributed by atoms with Crippen LogP contribution in [0, 0.1) is 0 Å². The Bertz CT molecular complexity index is 651. The van der Waals surface area contributed by atoms with Crippen LogP contribution < -0.4 is 10.6 Å². The number of piperazine rings is 1. The van der Waals surface area contributed by atoms with Crippen LogP contribution in [-0.2, 0) is 14.6 Å². The van der Waals surface area contributed by atoms with Gasteiger partial charge in [-0.05, 0) is 40.2 Å². The van der Waals surface area contributed by atoms with E-state index in [4.69, 9.17) is 4.74 Å². The molecule has 2 rings (SSSR count). The Balaban J connectivity index is 1.60. The first kappa shape index (κ1) is 22.7. The standard InChI is InChI=1S/C18H35N5O4S/c1-18(2,3)27-17(24)23-11-9-22(10-12-23)8-5-7-20-16(19-4)21-15-6-13-28(25,26)14-15/h15H,5-14H2,1-4H3,(H2,19,20,21). The molecule has 0 aliphatic carbocycles. The molecule has 2 saturated heterocycles. The Kier molecular flexibility index (Phi) is 7.94. The van der Waals surface area contributed by atoms with Crippen LogP contribution in [0.2, 0.25) is 0 Å². The van der Waals surface area contributed by atoms with Crippen molar-refractivity contribution in [1.82, 2.24) is 20.4 Å². The minimum atomic E-state index is -2.90. The zero-order chi connectivity index (χ0) is 20.8. The smallest absolute Gasteiger partial charge is 0.410 e. The van der Waals surface area contributed by atoms with Crippen LogP contribution in [0.1, 0.15) is 33.6 Å². The summed E-state index contributed by atoms with van der Waals surface area (Å²) in [6.45, 7) is 10.4. The lowest BCUT2D eigenvalue weighted by molar-refractivity contribution is 0.0145. The SMILES string of the molecule is CN=C(NCCCN1CCN(C(=O)OC(C)(C)C)CC1)NC1CCS(=O)(=O)C1. The van der Waals surface area contributed by atoms with E-state index in [9.17, 15) is 13.2 Å².